The number of ether oxygens (including phenoxy) is 1. The third-order valence-corrected chi connectivity index (χ3v) is 5.89. The van der Waals surface area contributed by atoms with Gasteiger partial charge in [-0.15, -0.1) is 0 Å². The predicted octanol–water partition coefficient (Wildman–Crippen LogP) is 4.70. The summed E-state index contributed by atoms with van der Waals surface area (Å²) in [7, 11) is 3.90. The number of anilines is 3. The van der Waals surface area contributed by atoms with Crippen LogP contribution in [0.2, 0.25) is 0 Å². The van der Waals surface area contributed by atoms with E-state index in [4.69, 9.17) is 4.74 Å². The van der Waals surface area contributed by atoms with Crippen LogP contribution in [0.15, 0.2) is 18.2 Å². The lowest BCUT2D eigenvalue weighted by molar-refractivity contribution is 0.270. The Morgan fingerprint density at radius 2 is 2.10 bits per heavy atom. The summed E-state index contributed by atoms with van der Waals surface area (Å²) in [6, 6.07) is 3.72. The molecule has 1 aromatic heterocycles. The Balaban J connectivity index is 1.82. The van der Waals surface area contributed by atoms with E-state index in [1.54, 1.807) is 7.05 Å². The molecule has 1 aromatic carbocycles. The van der Waals surface area contributed by atoms with Crippen LogP contribution in [0.1, 0.15) is 48.9 Å². The molecule has 2 N–H and O–H groups in total. The molecule has 2 aliphatic rings. The Bertz CT molecular complexity index is 975. The molecule has 2 aliphatic heterocycles. The van der Waals surface area contributed by atoms with E-state index < -0.39 is 0 Å². The summed E-state index contributed by atoms with van der Waals surface area (Å²) in [4.78, 5) is 11.1. The van der Waals surface area contributed by atoms with Crippen molar-refractivity contribution in [3.8, 4) is 5.75 Å². The molecule has 0 spiro atoms. The molecule has 0 unspecified atom stereocenters. The lowest BCUT2D eigenvalue weighted by atomic mass is 9.88. The van der Waals surface area contributed by atoms with Crippen LogP contribution in [0.4, 0.5) is 21.8 Å². The first-order chi connectivity index (χ1) is 14.5. The van der Waals surface area contributed by atoms with Gasteiger partial charge in [-0.2, -0.15) is 4.98 Å². The monoisotopic (exact) mass is 411 g/mol. The molecule has 4 rings (SSSR count). The van der Waals surface area contributed by atoms with Gasteiger partial charge in [0.2, 0.25) is 5.95 Å². The summed E-state index contributed by atoms with van der Waals surface area (Å²) in [6.07, 6.45) is 4.89. The van der Waals surface area contributed by atoms with Gasteiger partial charge in [0.15, 0.2) is 5.82 Å². The van der Waals surface area contributed by atoms with Crippen molar-refractivity contribution in [1.29, 1.82) is 0 Å². The first-order valence-corrected chi connectivity index (χ1v) is 10.6. The third-order valence-electron chi connectivity index (χ3n) is 5.89. The molecule has 7 heteroatoms. The van der Waals surface area contributed by atoms with Crippen molar-refractivity contribution < 1.29 is 9.13 Å². The van der Waals surface area contributed by atoms with Crippen LogP contribution in [0.25, 0.3) is 5.57 Å². The van der Waals surface area contributed by atoms with Crippen molar-refractivity contribution in [2.75, 3.05) is 44.4 Å². The van der Waals surface area contributed by atoms with Crippen LogP contribution in [0, 0.1) is 12.7 Å². The number of fused-ring (bicyclic) bond motifs is 1. The van der Waals surface area contributed by atoms with Gasteiger partial charge in [-0.25, -0.2) is 9.37 Å². The van der Waals surface area contributed by atoms with Gasteiger partial charge in [0, 0.05) is 25.4 Å². The normalized spacial score (nSPS) is 19.4. The molecule has 2 aromatic rings. The summed E-state index contributed by atoms with van der Waals surface area (Å²) >= 11 is 0. The predicted molar refractivity (Wildman–Crippen MR) is 119 cm³/mol. The molecule has 0 saturated heterocycles. The van der Waals surface area contributed by atoms with E-state index >= 15 is 4.39 Å². The SMILES string of the molecule is CNc1cc(C)nc(Nc2cc3c(c(C4=CCN(C)CCC4)c2F)OCC[C@@H]3C)n1. The minimum Gasteiger partial charge on any atom is -0.493 e. The van der Waals surface area contributed by atoms with Crippen LogP contribution in [-0.4, -0.2) is 48.7 Å². The van der Waals surface area contributed by atoms with Crippen molar-refractivity contribution in [3.63, 3.8) is 0 Å². The maximum atomic E-state index is 15.9. The fourth-order valence-electron chi connectivity index (χ4n) is 4.15. The van der Waals surface area contributed by atoms with Crippen molar-refractivity contribution in [1.82, 2.24) is 14.9 Å². The quantitative estimate of drug-likeness (QED) is 0.760. The molecule has 30 heavy (non-hydrogen) atoms. The van der Waals surface area contributed by atoms with E-state index in [9.17, 15) is 0 Å². The number of nitrogens with zero attached hydrogens (tertiary/aromatic N) is 3. The standard InChI is InChI=1S/C23H30FN5O/c1-14-8-11-30-22-17(14)13-18(27-23-26-15(2)12-19(25-3)28-23)21(24)20(22)16-6-5-9-29(4)10-7-16/h7,12-14H,5-6,8-11H2,1-4H3,(H2,25,26,27,28)/t14-/m0/s1. The fraction of sp³-hybridized carbons (Fsp3) is 0.478. The smallest absolute Gasteiger partial charge is 0.229 e. The molecule has 0 saturated carbocycles. The van der Waals surface area contributed by atoms with Gasteiger partial charge in [0.25, 0.3) is 0 Å². The van der Waals surface area contributed by atoms with Gasteiger partial charge in [0.05, 0.1) is 17.9 Å². The second kappa shape index (κ2) is 8.60. The number of hydrogen-bond donors (Lipinski definition) is 2. The Morgan fingerprint density at radius 3 is 2.90 bits per heavy atom. The Morgan fingerprint density at radius 1 is 1.27 bits per heavy atom. The zero-order valence-electron chi connectivity index (χ0n) is 18.2. The molecule has 0 amide bonds. The fourth-order valence-corrected chi connectivity index (χ4v) is 4.15. The highest BCUT2D eigenvalue weighted by Gasteiger charge is 2.28. The van der Waals surface area contributed by atoms with Crippen molar-refractivity contribution in [2.24, 2.45) is 0 Å². The lowest BCUT2D eigenvalue weighted by Gasteiger charge is -2.28. The summed E-state index contributed by atoms with van der Waals surface area (Å²) < 4.78 is 21.9. The largest absolute Gasteiger partial charge is 0.493 e. The minimum atomic E-state index is -0.297. The zero-order valence-corrected chi connectivity index (χ0v) is 18.2. The van der Waals surface area contributed by atoms with Crippen LogP contribution in [0.5, 0.6) is 5.75 Å². The van der Waals surface area contributed by atoms with Gasteiger partial charge < -0.3 is 20.3 Å². The lowest BCUT2D eigenvalue weighted by Crippen LogP contribution is -2.17. The summed E-state index contributed by atoms with van der Waals surface area (Å²) in [5, 5.41) is 6.15. The molecular weight excluding hydrogens is 381 g/mol. The van der Waals surface area contributed by atoms with E-state index in [1.807, 2.05) is 19.1 Å². The molecular formula is C23H30FN5O. The number of halogens is 1. The second-order valence-electron chi connectivity index (χ2n) is 8.26. The topological polar surface area (TPSA) is 62.3 Å². The number of aromatic nitrogens is 2. The van der Waals surface area contributed by atoms with E-state index in [-0.39, 0.29) is 5.82 Å². The average Bonchev–Trinajstić information content (AvgIpc) is 2.93. The van der Waals surface area contributed by atoms with Crippen LogP contribution < -0.4 is 15.4 Å². The molecule has 0 radical (unpaired) electrons. The number of benzene rings is 1. The third kappa shape index (κ3) is 4.12. The highest BCUT2D eigenvalue weighted by Crippen LogP contribution is 2.45. The maximum Gasteiger partial charge on any atom is 0.229 e. The molecule has 160 valence electrons. The minimum absolute atomic E-state index is 0.297. The van der Waals surface area contributed by atoms with Crippen molar-refractivity contribution in [3.05, 3.63) is 40.8 Å². The summed E-state index contributed by atoms with van der Waals surface area (Å²) in [5.41, 5.74) is 3.86. The Labute approximate surface area is 177 Å². The first-order valence-electron chi connectivity index (χ1n) is 10.6. The van der Waals surface area contributed by atoms with Crippen molar-refractivity contribution >= 4 is 23.0 Å². The second-order valence-corrected chi connectivity index (χ2v) is 8.26. The van der Waals surface area contributed by atoms with E-state index in [1.165, 1.54) is 0 Å². The molecule has 0 fully saturated rings. The van der Waals surface area contributed by atoms with E-state index in [0.29, 0.717) is 41.3 Å². The molecule has 1 atom stereocenters. The van der Waals surface area contributed by atoms with Gasteiger partial charge in [-0.1, -0.05) is 13.0 Å². The van der Waals surface area contributed by atoms with Crippen molar-refractivity contribution in [2.45, 2.75) is 39.0 Å². The van der Waals surface area contributed by atoms with E-state index in [0.717, 1.165) is 49.2 Å². The van der Waals surface area contributed by atoms with Crippen LogP contribution in [0.3, 0.4) is 0 Å². The molecule has 3 heterocycles. The number of aryl methyl sites for hydroxylation is 1. The summed E-state index contributed by atoms with van der Waals surface area (Å²) in [5.74, 6) is 1.77. The number of rotatable bonds is 4. The maximum absolute atomic E-state index is 15.9. The summed E-state index contributed by atoms with van der Waals surface area (Å²) in [6.45, 7) is 6.49. The van der Waals surface area contributed by atoms with Gasteiger partial charge in [-0.3, -0.25) is 0 Å². The molecule has 0 bridgehead atoms. The first kappa shape index (κ1) is 20.6. The molecule has 0 aliphatic carbocycles. The van der Waals surface area contributed by atoms with E-state index in [2.05, 4.69) is 45.5 Å². The van der Waals surface area contributed by atoms with Crippen LogP contribution in [-0.2, 0) is 0 Å². The van der Waals surface area contributed by atoms with Crippen LogP contribution >= 0.6 is 0 Å². The highest BCUT2D eigenvalue weighted by atomic mass is 19.1. The Hall–Kier alpha value is -2.67. The number of likely N-dealkylation sites (N-methyl/N-ethyl adjacent to an activating group) is 1. The van der Waals surface area contributed by atoms with Gasteiger partial charge in [-0.05, 0) is 62.9 Å². The molecule has 6 nitrogen and oxygen atoms in total. The van der Waals surface area contributed by atoms with Gasteiger partial charge >= 0.3 is 0 Å². The number of hydrogen-bond acceptors (Lipinski definition) is 6. The van der Waals surface area contributed by atoms with Gasteiger partial charge in [0.1, 0.15) is 11.6 Å². The Kier molecular flexibility index (Phi) is 5.90. The average molecular weight is 412 g/mol. The number of allylic oxidation sites excluding steroid dienone is 1. The highest BCUT2D eigenvalue weighted by molar-refractivity contribution is 5.78. The zero-order chi connectivity index (χ0) is 21.3. The number of nitrogens with one attached hydrogen (secondary N) is 2.